The predicted octanol–water partition coefficient (Wildman–Crippen LogP) is 13.6. The van der Waals surface area contributed by atoms with Crippen molar-refractivity contribution >= 4 is 43.4 Å². The van der Waals surface area contributed by atoms with Crippen molar-refractivity contribution < 1.29 is 0 Å². The van der Waals surface area contributed by atoms with E-state index in [9.17, 15) is 0 Å². The van der Waals surface area contributed by atoms with Crippen molar-refractivity contribution in [1.29, 1.82) is 0 Å². The first-order valence-corrected chi connectivity index (χ1v) is 18.0. The summed E-state index contributed by atoms with van der Waals surface area (Å²) in [5.41, 5.74) is 12.4. The van der Waals surface area contributed by atoms with Crippen LogP contribution in [0, 0.1) is 0 Å². The summed E-state index contributed by atoms with van der Waals surface area (Å²) >= 11 is 0. The highest BCUT2D eigenvalue weighted by molar-refractivity contribution is 6.12. The van der Waals surface area contributed by atoms with Gasteiger partial charge in [-0.2, -0.15) is 0 Å². The highest BCUT2D eigenvalue weighted by atomic mass is 15.0. The van der Waals surface area contributed by atoms with Crippen LogP contribution in [-0.2, 0) is 0 Å². The van der Waals surface area contributed by atoms with Crippen molar-refractivity contribution in [2.75, 3.05) is 0 Å². The third-order valence-corrected chi connectivity index (χ3v) is 10.7. The zero-order valence-corrected chi connectivity index (χ0v) is 28.7. The molecule has 10 rings (SSSR count). The zero-order chi connectivity index (χ0) is 34.4. The van der Waals surface area contributed by atoms with Gasteiger partial charge in [-0.3, -0.25) is 0 Å². The quantitative estimate of drug-likeness (QED) is 0.123. The largest absolute Gasteiger partial charge is 0.309 e. The molecular weight excluding hydrogens is 627 g/mol. The number of rotatable bonds is 6. The molecule has 0 radical (unpaired) electrons. The molecule has 9 aromatic carbocycles. The highest BCUT2D eigenvalue weighted by Crippen LogP contribution is 2.38. The van der Waals surface area contributed by atoms with E-state index in [1.54, 1.807) is 0 Å². The molecule has 52 heavy (non-hydrogen) atoms. The van der Waals surface area contributed by atoms with Crippen LogP contribution in [0.1, 0.15) is 22.6 Å². The van der Waals surface area contributed by atoms with E-state index in [0.717, 1.165) is 0 Å². The van der Waals surface area contributed by atoms with E-state index in [4.69, 9.17) is 0 Å². The molecule has 1 unspecified atom stereocenters. The van der Waals surface area contributed by atoms with Gasteiger partial charge in [-0.1, -0.05) is 176 Å². The Hall–Kier alpha value is -6.70. The van der Waals surface area contributed by atoms with Crippen LogP contribution in [0.5, 0.6) is 0 Å². The van der Waals surface area contributed by atoms with Crippen molar-refractivity contribution in [3.05, 3.63) is 223 Å². The maximum atomic E-state index is 2.42. The lowest BCUT2D eigenvalue weighted by Gasteiger charge is -2.20. The van der Waals surface area contributed by atoms with Gasteiger partial charge < -0.3 is 4.57 Å². The lowest BCUT2D eigenvalue weighted by atomic mass is 9.84. The lowest BCUT2D eigenvalue weighted by molar-refractivity contribution is 0.978. The van der Waals surface area contributed by atoms with Gasteiger partial charge in [-0.25, -0.2) is 0 Å². The van der Waals surface area contributed by atoms with E-state index in [0.29, 0.717) is 0 Å². The molecule has 244 valence electrons. The van der Waals surface area contributed by atoms with Gasteiger partial charge in [0.25, 0.3) is 0 Å². The Bertz CT molecular complexity index is 2860. The summed E-state index contributed by atoms with van der Waals surface area (Å²) in [6.07, 6.45) is 0. The van der Waals surface area contributed by atoms with E-state index in [-0.39, 0.29) is 5.92 Å². The number of hydrogen-bond donors (Lipinski definition) is 0. The summed E-state index contributed by atoms with van der Waals surface area (Å²) in [6.45, 7) is 0. The topological polar surface area (TPSA) is 4.93 Å². The lowest BCUT2D eigenvalue weighted by Crippen LogP contribution is -2.03. The standard InChI is InChI=1S/C51H35N/c1-3-11-35(12-4-1)36-19-25-41(26-20-36)51(40-14-5-2-6-15-40)42-27-21-37(22-28-42)43-30-32-50-48(33-43)46-17-9-10-18-49(46)52(50)44-31-29-39-24-23-38-13-7-8-16-45(38)47(39)34-44/h1-34,51H. The Morgan fingerprint density at radius 2 is 0.788 bits per heavy atom. The van der Waals surface area contributed by atoms with Crippen molar-refractivity contribution in [2.24, 2.45) is 0 Å². The minimum Gasteiger partial charge on any atom is -0.309 e. The molecular formula is C51H35N. The number of para-hydroxylation sites is 1. The van der Waals surface area contributed by atoms with E-state index < -0.39 is 0 Å². The Morgan fingerprint density at radius 3 is 1.52 bits per heavy atom. The van der Waals surface area contributed by atoms with Crippen LogP contribution < -0.4 is 0 Å². The van der Waals surface area contributed by atoms with E-state index in [2.05, 4.69) is 211 Å². The molecule has 1 aromatic heterocycles. The molecule has 0 amide bonds. The Morgan fingerprint density at radius 1 is 0.288 bits per heavy atom. The van der Waals surface area contributed by atoms with Gasteiger partial charge in [0.2, 0.25) is 0 Å². The number of benzene rings is 9. The SMILES string of the molecule is c1ccc(-c2ccc(C(c3ccccc3)c3ccc(-c4ccc5c(c4)c4ccccc4n5-c4ccc5ccc6ccccc6c5c4)cc3)cc2)cc1. The third kappa shape index (κ3) is 5.18. The number of nitrogens with zero attached hydrogens (tertiary/aromatic N) is 1. The van der Waals surface area contributed by atoms with Crippen LogP contribution in [0.15, 0.2) is 206 Å². The van der Waals surface area contributed by atoms with E-state index in [1.165, 1.54) is 88.0 Å². The first-order chi connectivity index (χ1) is 25.8. The van der Waals surface area contributed by atoms with Gasteiger partial charge in [0.15, 0.2) is 0 Å². The van der Waals surface area contributed by atoms with Crippen molar-refractivity contribution in [2.45, 2.75) is 5.92 Å². The molecule has 0 saturated heterocycles. The molecule has 0 N–H and O–H groups in total. The van der Waals surface area contributed by atoms with E-state index >= 15 is 0 Å². The molecule has 0 aliphatic heterocycles. The molecule has 10 aromatic rings. The van der Waals surface area contributed by atoms with Crippen LogP contribution >= 0.6 is 0 Å². The molecule has 0 spiro atoms. The smallest absolute Gasteiger partial charge is 0.0541 e. The predicted molar refractivity (Wildman–Crippen MR) is 220 cm³/mol. The summed E-state index contributed by atoms with van der Waals surface area (Å²) in [5.74, 6) is 0.139. The molecule has 0 saturated carbocycles. The maximum absolute atomic E-state index is 2.42. The molecule has 1 heteroatoms. The summed E-state index contributed by atoms with van der Waals surface area (Å²) in [4.78, 5) is 0. The monoisotopic (exact) mass is 661 g/mol. The summed E-state index contributed by atoms with van der Waals surface area (Å²) in [5, 5.41) is 7.60. The van der Waals surface area contributed by atoms with Gasteiger partial charge >= 0.3 is 0 Å². The fourth-order valence-corrected chi connectivity index (χ4v) is 8.15. The summed E-state index contributed by atoms with van der Waals surface area (Å²) in [7, 11) is 0. The van der Waals surface area contributed by atoms with Gasteiger partial charge in [0, 0.05) is 22.4 Å². The van der Waals surface area contributed by atoms with Crippen LogP contribution in [0.2, 0.25) is 0 Å². The van der Waals surface area contributed by atoms with Gasteiger partial charge in [-0.15, -0.1) is 0 Å². The Kier molecular flexibility index (Phi) is 7.29. The molecule has 0 aliphatic carbocycles. The van der Waals surface area contributed by atoms with Gasteiger partial charge in [0.1, 0.15) is 0 Å². The molecule has 1 heterocycles. The minimum absolute atomic E-state index is 0.139. The molecule has 1 nitrogen and oxygen atoms in total. The first-order valence-electron chi connectivity index (χ1n) is 18.0. The average Bonchev–Trinajstić information content (AvgIpc) is 3.56. The minimum atomic E-state index is 0.139. The van der Waals surface area contributed by atoms with Crippen molar-refractivity contribution in [3.63, 3.8) is 0 Å². The second-order valence-electron chi connectivity index (χ2n) is 13.7. The maximum Gasteiger partial charge on any atom is 0.0541 e. The highest BCUT2D eigenvalue weighted by Gasteiger charge is 2.18. The fourth-order valence-electron chi connectivity index (χ4n) is 8.15. The van der Waals surface area contributed by atoms with Crippen LogP contribution in [-0.4, -0.2) is 4.57 Å². The van der Waals surface area contributed by atoms with Gasteiger partial charge in [0.05, 0.1) is 11.0 Å². The van der Waals surface area contributed by atoms with Crippen molar-refractivity contribution in [1.82, 2.24) is 4.57 Å². The average molecular weight is 662 g/mol. The normalized spacial score (nSPS) is 12.2. The number of aromatic nitrogens is 1. The zero-order valence-electron chi connectivity index (χ0n) is 28.7. The third-order valence-electron chi connectivity index (χ3n) is 10.7. The first kappa shape index (κ1) is 30.2. The Labute approximate surface area is 303 Å². The second-order valence-corrected chi connectivity index (χ2v) is 13.7. The summed E-state index contributed by atoms with van der Waals surface area (Å²) < 4.78 is 2.42. The van der Waals surface area contributed by atoms with Crippen LogP contribution in [0.4, 0.5) is 0 Å². The number of hydrogen-bond acceptors (Lipinski definition) is 0. The van der Waals surface area contributed by atoms with Crippen LogP contribution in [0.3, 0.4) is 0 Å². The number of fused-ring (bicyclic) bond motifs is 6. The molecule has 0 aliphatic rings. The summed E-state index contributed by atoms with van der Waals surface area (Å²) in [6, 6.07) is 75.5. The molecule has 1 atom stereocenters. The second kappa shape index (κ2) is 12.6. The Balaban J connectivity index is 1.04. The van der Waals surface area contributed by atoms with Gasteiger partial charge in [-0.05, 0) is 90.8 Å². The molecule has 0 fully saturated rings. The molecule has 0 bridgehead atoms. The van der Waals surface area contributed by atoms with E-state index in [1.807, 2.05) is 0 Å². The van der Waals surface area contributed by atoms with Crippen LogP contribution in [0.25, 0.3) is 71.3 Å². The van der Waals surface area contributed by atoms with Crippen molar-refractivity contribution in [3.8, 4) is 27.9 Å². The fraction of sp³-hybridized carbons (Fsp3) is 0.0196.